The van der Waals surface area contributed by atoms with Gasteiger partial charge in [-0.05, 0) is 50.6 Å². The van der Waals surface area contributed by atoms with Gasteiger partial charge in [-0.1, -0.05) is 6.42 Å². The first-order valence-corrected chi connectivity index (χ1v) is 8.61. The smallest absolute Gasteiger partial charge is 0.123 e. The largest absolute Gasteiger partial charge is 0.491 e. The van der Waals surface area contributed by atoms with Gasteiger partial charge >= 0.3 is 0 Å². The first-order chi connectivity index (χ1) is 11.3. The summed E-state index contributed by atoms with van der Waals surface area (Å²) in [6, 6.07) is 6.22. The molecular weight excluding hydrogens is 294 g/mol. The molecule has 1 N–H and O–H groups in total. The number of hydrogen-bond donors (Lipinski definition) is 1. The summed E-state index contributed by atoms with van der Waals surface area (Å²) in [5.74, 6) is 1.75. The Morgan fingerprint density at radius 3 is 2.09 bits per heavy atom. The summed E-state index contributed by atoms with van der Waals surface area (Å²) in [6.07, 6.45) is 5.22. The summed E-state index contributed by atoms with van der Waals surface area (Å²) in [4.78, 5) is 0. The number of aryl methyl sites for hydroxylation is 1. The van der Waals surface area contributed by atoms with Crippen LogP contribution in [0.15, 0.2) is 18.2 Å². The number of rotatable bonds is 12. The lowest BCUT2D eigenvalue weighted by Gasteiger charge is -2.12. The quantitative estimate of drug-likeness (QED) is 0.472. The highest BCUT2D eigenvalue weighted by Crippen LogP contribution is 2.26. The second-order valence-corrected chi connectivity index (χ2v) is 6.26. The lowest BCUT2D eigenvalue weighted by Crippen LogP contribution is -2.07. The van der Waals surface area contributed by atoms with Gasteiger partial charge in [-0.25, -0.2) is 0 Å². The first kappa shape index (κ1) is 16.6. The molecule has 2 saturated heterocycles. The predicted octanol–water partition coefficient (Wildman–Crippen LogP) is 2.17. The van der Waals surface area contributed by atoms with Crippen LogP contribution >= 0.6 is 0 Å². The van der Waals surface area contributed by atoms with Gasteiger partial charge < -0.3 is 24.3 Å². The van der Waals surface area contributed by atoms with E-state index in [1.807, 2.05) is 13.1 Å². The SMILES string of the molecule is CNCCCCCc1cc(OCC2CO2)cc(OCC2CO2)c1. The molecular formula is C18H27NO4. The maximum atomic E-state index is 5.83. The van der Waals surface area contributed by atoms with E-state index in [2.05, 4.69) is 17.4 Å². The summed E-state index contributed by atoms with van der Waals surface area (Å²) in [6.45, 7) is 3.95. The van der Waals surface area contributed by atoms with Crippen molar-refractivity contribution in [3.8, 4) is 11.5 Å². The molecule has 1 aromatic rings. The molecule has 0 aromatic heterocycles. The van der Waals surface area contributed by atoms with Gasteiger partial charge in [0.1, 0.15) is 36.9 Å². The minimum atomic E-state index is 0.268. The highest BCUT2D eigenvalue weighted by Gasteiger charge is 2.24. The van der Waals surface area contributed by atoms with Gasteiger partial charge in [0.15, 0.2) is 0 Å². The van der Waals surface area contributed by atoms with E-state index in [1.165, 1.54) is 24.8 Å². The Morgan fingerprint density at radius 2 is 1.57 bits per heavy atom. The third-order valence-electron chi connectivity index (χ3n) is 4.01. The molecule has 2 aliphatic rings. The van der Waals surface area contributed by atoms with Crippen molar-refractivity contribution in [2.24, 2.45) is 0 Å². The van der Waals surface area contributed by atoms with Crippen molar-refractivity contribution in [2.45, 2.75) is 37.9 Å². The van der Waals surface area contributed by atoms with Crippen LogP contribution in [0.4, 0.5) is 0 Å². The first-order valence-electron chi connectivity index (χ1n) is 8.61. The Kier molecular flexibility index (Phi) is 6.13. The van der Waals surface area contributed by atoms with Gasteiger partial charge in [0.05, 0.1) is 13.2 Å². The van der Waals surface area contributed by atoms with Crippen LogP contribution in [0.25, 0.3) is 0 Å². The number of nitrogens with one attached hydrogen (secondary N) is 1. The van der Waals surface area contributed by atoms with Gasteiger partial charge in [0, 0.05) is 6.07 Å². The maximum absolute atomic E-state index is 5.83. The lowest BCUT2D eigenvalue weighted by molar-refractivity contribution is 0.252. The molecule has 0 radical (unpaired) electrons. The van der Waals surface area contributed by atoms with E-state index in [4.69, 9.17) is 18.9 Å². The van der Waals surface area contributed by atoms with E-state index in [-0.39, 0.29) is 12.2 Å². The van der Waals surface area contributed by atoms with E-state index < -0.39 is 0 Å². The van der Waals surface area contributed by atoms with Gasteiger partial charge in [-0.3, -0.25) is 0 Å². The zero-order valence-corrected chi connectivity index (χ0v) is 13.9. The van der Waals surface area contributed by atoms with E-state index in [9.17, 15) is 0 Å². The standard InChI is InChI=1S/C18H27NO4/c1-19-6-4-2-3-5-14-7-15(20-10-17-12-22-17)9-16(8-14)21-11-18-13-23-18/h7-9,17-19H,2-6,10-13H2,1H3. The summed E-state index contributed by atoms with van der Waals surface area (Å²) in [5, 5.41) is 3.19. The summed E-state index contributed by atoms with van der Waals surface area (Å²) in [5.41, 5.74) is 1.27. The second-order valence-electron chi connectivity index (χ2n) is 6.26. The summed E-state index contributed by atoms with van der Waals surface area (Å²) < 4.78 is 22.1. The van der Waals surface area contributed by atoms with Crippen molar-refractivity contribution >= 4 is 0 Å². The maximum Gasteiger partial charge on any atom is 0.123 e. The molecule has 2 fully saturated rings. The fourth-order valence-corrected chi connectivity index (χ4v) is 2.46. The fraction of sp³-hybridized carbons (Fsp3) is 0.667. The average Bonchev–Trinajstić information content (AvgIpc) is 3.46. The van der Waals surface area contributed by atoms with Crippen LogP contribution in [0.5, 0.6) is 11.5 Å². The minimum absolute atomic E-state index is 0.268. The second kappa shape index (κ2) is 8.52. The normalized spacial score (nSPS) is 22.0. The molecule has 5 heteroatoms. The van der Waals surface area contributed by atoms with Gasteiger partial charge in [-0.15, -0.1) is 0 Å². The average molecular weight is 321 g/mol. The molecule has 0 bridgehead atoms. The van der Waals surface area contributed by atoms with Crippen LogP contribution < -0.4 is 14.8 Å². The molecule has 0 amide bonds. The third kappa shape index (κ3) is 6.37. The Morgan fingerprint density at radius 1 is 0.957 bits per heavy atom. The molecule has 0 aliphatic carbocycles. The Bertz CT molecular complexity index is 452. The van der Waals surface area contributed by atoms with Gasteiger partial charge in [0.25, 0.3) is 0 Å². The van der Waals surface area contributed by atoms with Crippen molar-refractivity contribution in [1.29, 1.82) is 0 Å². The molecule has 0 saturated carbocycles. The zero-order valence-electron chi connectivity index (χ0n) is 13.9. The predicted molar refractivity (Wildman–Crippen MR) is 88.4 cm³/mol. The van der Waals surface area contributed by atoms with E-state index in [0.29, 0.717) is 13.2 Å². The van der Waals surface area contributed by atoms with Gasteiger partial charge in [0.2, 0.25) is 0 Å². The molecule has 1 aromatic carbocycles. The Balaban J connectivity index is 1.53. The van der Waals surface area contributed by atoms with Crippen molar-refractivity contribution in [2.75, 3.05) is 40.0 Å². The van der Waals surface area contributed by atoms with Crippen LogP contribution in [0.3, 0.4) is 0 Å². The van der Waals surface area contributed by atoms with Crippen LogP contribution in [-0.4, -0.2) is 52.2 Å². The van der Waals surface area contributed by atoms with Crippen molar-refractivity contribution < 1.29 is 18.9 Å². The number of hydrogen-bond acceptors (Lipinski definition) is 5. The minimum Gasteiger partial charge on any atom is -0.491 e. The van der Waals surface area contributed by atoms with E-state index in [0.717, 1.165) is 37.7 Å². The number of ether oxygens (including phenoxy) is 4. The van der Waals surface area contributed by atoms with E-state index in [1.54, 1.807) is 0 Å². The number of epoxide rings is 2. The highest BCUT2D eigenvalue weighted by atomic mass is 16.6. The molecule has 2 unspecified atom stereocenters. The van der Waals surface area contributed by atoms with Crippen molar-refractivity contribution in [1.82, 2.24) is 5.32 Å². The Hall–Kier alpha value is -1.30. The molecule has 128 valence electrons. The molecule has 2 heterocycles. The lowest BCUT2D eigenvalue weighted by atomic mass is 10.1. The molecule has 0 spiro atoms. The van der Waals surface area contributed by atoms with Gasteiger partial charge in [-0.2, -0.15) is 0 Å². The monoisotopic (exact) mass is 321 g/mol. The van der Waals surface area contributed by atoms with Crippen LogP contribution in [0, 0.1) is 0 Å². The molecule has 5 nitrogen and oxygen atoms in total. The summed E-state index contributed by atoms with van der Waals surface area (Å²) >= 11 is 0. The van der Waals surface area contributed by atoms with Crippen LogP contribution in [0.2, 0.25) is 0 Å². The van der Waals surface area contributed by atoms with Crippen LogP contribution in [0.1, 0.15) is 24.8 Å². The zero-order chi connectivity index (χ0) is 15.9. The molecule has 2 atom stereocenters. The van der Waals surface area contributed by atoms with Crippen molar-refractivity contribution in [3.05, 3.63) is 23.8 Å². The fourth-order valence-electron chi connectivity index (χ4n) is 2.46. The topological polar surface area (TPSA) is 55.5 Å². The molecule has 23 heavy (non-hydrogen) atoms. The summed E-state index contributed by atoms with van der Waals surface area (Å²) in [7, 11) is 2.00. The Labute approximate surface area is 138 Å². The van der Waals surface area contributed by atoms with Crippen LogP contribution in [-0.2, 0) is 15.9 Å². The number of unbranched alkanes of at least 4 members (excludes halogenated alkanes) is 2. The molecule has 3 rings (SSSR count). The highest BCUT2D eigenvalue weighted by molar-refractivity contribution is 5.38. The third-order valence-corrected chi connectivity index (χ3v) is 4.01. The van der Waals surface area contributed by atoms with Crippen molar-refractivity contribution in [3.63, 3.8) is 0 Å². The number of benzene rings is 1. The van der Waals surface area contributed by atoms with E-state index >= 15 is 0 Å². The molecule has 2 aliphatic heterocycles.